The van der Waals surface area contributed by atoms with Gasteiger partial charge in [0, 0.05) is 11.8 Å². The van der Waals surface area contributed by atoms with Crippen molar-refractivity contribution in [2.45, 2.75) is 11.0 Å². The molecule has 5 nitrogen and oxygen atoms in total. The summed E-state index contributed by atoms with van der Waals surface area (Å²) in [6.45, 7) is 1.10. The molecule has 1 aliphatic rings. The van der Waals surface area contributed by atoms with E-state index < -0.39 is 10.0 Å². The summed E-state index contributed by atoms with van der Waals surface area (Å²) in [7, 11) is -3.66. The van der Waals surface area contributed by atoms with Crippen molar-refractivity contribution in [3.8, 4) is 5.75 Å². The fourth-order valence-electron chi connectivity index (χ4n) is 1.83. The van der Waals surface area contributed by atoms with Gasteiger partial charge in [0.1, 0.15) is 18.5 Å². The van der Waals surface area contributed by atoms with Crippen LogP contribution in [0.2, 0.25) is 0 Å². The Morgan fingerprint density at radius 2 is 1.95 bits per heavy atom. The number of halogens is 1. The first-order valence-corrected chi connectivity index (χ1v) is 8.94. The lowest BCUT2D eigenvalue weighted by molar-refractivity contribution is 0.261. The molecule has 0 aliphatic carbocycles. The average Bonchev–Trinajstić information content (AvgIpc) is 3.31. The van der Waals surface area contributed by atoms with E-state index in [2.05, 4.69) is 20.7 Å². The van der Waals surface area contributed by atoms with Gasteiger partial charge in [0.25, 0.3) is 10.0 Å². The number of nitrogens with one attached hydrogen (secondary N) is 1. The third kappa shape index (κ3) is 3.79. The Bertz CT molecular complexity index is 760. The van der Waals surface area contributed by atoms with Gasteiger partial charge in [-0.2, -0.15) is 0 Å². The fraction of sp³-hybridized carbons (Fsp3) is 0.200. The molecule has 1 atom stereocenters. The molecule has 22 heavy (non-hydrogen) atoms. The second kappa shape index (κ2) is 6.28. The van der Waals surface area contributed by atoms with Crippen LogP contribution in [0.1, 0.15) is 0 Å². The third-order valence-electron chi connectivity index (χ3n) is 3.07. The van der Waals surface area contributed by atoms with Crippen molar-refractivity contribution in [1.82, 2.24) is 0 Å². The van der Waals surface area contributed by atoms with Crippen LogP contribution in [0.5, 0.6) is 5.75 Å². The molecule has 116 valence electrons. The van der Waals surface area contributed by atoms with Crippen LogP contribution >= 0.6 is 15.9 Å². The van der Waals surface area contributed by atoms with E-state index in [0.717, 1.165) is 0 Å². The number of epoxide rings is 1. The molecule has 1 N–H and O–H groups in total. The van der Waals surface area contributed by atoms with Crippen molar-refractivity contribution in [1.29, 1.82) is 0 Å². The van der Waals surface area contributed by atoms with Crippen LogP contribution in [0, 0.1) is 0 Å². The minimum atomic E-state index is -3.66. The van der Waals surface area contributed by atoms with Gasteiger partial charge in [-0.05, 0) is 40.2 Å². The quantitative estimate of drug-likeness (QED) is 0.778. The van der Waals surface area contributed by atoms with Crippen LogP contribution in [-0.2, 0) is 14.8 Å². The number of ether oxygens (including phenoxy) is 2. The molecule has 7 heteroatoms. The van der Waals surface area contributed by atoms with E-state index in [1.165, 1.54) is 12.1 Å². The summed E-state index contributed by atoms with van der Waals surface area (Å²) in [5, 5.41) is 0. The van der Waals surface area contributed by atoms with E-state index in [1.54, 1.807) is 30.3 Å². The van der Waals surface area contributed by atoms with E-state index in [9.17, 15) is 8.42 Å². The number of anilines is 1. The van der Waals surface area contributed by atoms with Gasteiger partial charge in [-0.3, -0.25) is 4.72 Å². The SMILES string of the molecule is O=S(=O)(Nc1ccccc1)c1ccc(Br)c(OCC2CO2)c1. The molecule has 0 bridgehead atoms. The van der Waals surface area contributed by atoms with Crippen LogP contribution < -0.4 is 9.46 Å². The summed E-state index contributed by atoms with van der Waals surface area (Å²) in [5.74, 6) is 0.478. The van der Waals surface area contributed by atoms with Crippen LogP contribution in [0.3, 0.4) is 0 Å². The summed E-state index contributed by atoms with van der Waals surface area (Å²) >= 11 is 3.35. The Kier molecular flexibility index (Phi) is 4.37. The molecule has 0 saturated carbocycles. The maximum atomic E-state index is 12.4. The zero-order valence-electron chi connectivity index (χ0n) is 11.5. The molecule has 3 rings (SSSR count). The normalized spacial score (nSPS) is 17.0. The lowest BCUT2D eigenvalue weighted by Gasteiger charge is -2.11. The van der Waals surface area contributed by atoms with Gasteiger partial charge in [0.2, 0.25) is 0 Å². The van der Waals surface area contributed by atoms with Crippen LogP contribution in [-0.4, -0.2) is 27.7 Å². The van der Waals surface area contributed by atoms with Crippen molar-refractivity contribution in [2.75, 3.05) is 17.9 Å². The summed E-state index contributed by atoms with van der Waals surface area (Å²) in [6, 6.07) is 13.4. The van der Waals surface area contributed by atoms with Crippen molar-refractivity contribution in [3.05, 3.63) is 53.0 Å². The molecule has 1 saturated heterocycles. The van der Waals surface area contributed by atoms with Gasteiger partial charge in [-0.1, -0.05) is 18.2 Å². The molecular formula is C15H14BrNO4S. The molecule has 0 spiro atoms. The molecule has 0 radical (unpaired) electrons. The molecule has 1 unspecified atom stereocenters. The highest BCUT2D eigenvalue weighted by atomic mass is 79.9. The molecule has 1 fully saturated rings. The average molecular weight is 384 g/mol. The van der Waals surface area contributed by atoms with Crippen molar-refractivity contribution in [2.24, 2.45) is 0 Å². The van der Waals surface area contributed by atoms with Crippen LogP contribution in [0.4, 0.5) is 5.69 Å². The minimum Gasteiger partial charge on any atom is -0.490 e. The van der Waals surface area contributed by atoms with Gasteiger partial charge in [-0.15, -0.1) is 0 Å². The zero-order chi connectivity index (χ0) is 15.6. The predicted octanol–water partition coefficient (Wildman–Crippen LogP) is 3.03. The van der Waals surface area contributed by atoms with Crippen LogP contribution in [0.15, 0.2) is 57.9 Å². The number of sulfonamides is 1. The first-order chi connectivity index (χ1) is 10.5. The lowest BCUT2D eigenvalue weighted by Crippen LogP contribution is -2.13. The topological polar surface area (TPSA) is 67.9 Å². The van der Waals surface area contributed by atoms with Crippen molar-refractivity contribution < 1.29 is 17.9 Å². The van der Waals surface area contributed by atoms with E-state index in [0.29, 0.717) is 29.1 Å². The molecule has 0 amide bonds. The highest BCUT2D eigenvalue weighted by Gasteiger charge is 2.24. The first-order valence-electron chi connectivity index (χ1n) is 6.66. The molecule has 0 aromatic heterocycles. The number of para-hydroxylation sites is 1. The van der Waals surface area contributed by atoms with Crippen LogP contribution in [0.25, 0.3) is 0 Å². The second-order valence-corrected chi connectivity index (χ2v) is 7.37. The van der Waals surface area contributed by atoms with Crippen molar-refractivity contribution >= 4 is 31.6 Å². The Hall–Kier alpha value is -1.57. The van der Waals surface area contributed by atoms with Gasteiger partial charge >= 0.3 is 0 Å². The maximum Gasteiger partial charge on any atom is 0.262 e. The predicted molar refractivity (Wildman–Crippen MR) is 86.6 cm³/mol. The molecule has 1 aliphatic heterocycles. The molecule has 2 aromatic rings. The maximum absolute atomic E-state index is 12.4. The standard InChI is InChI=1S/C15H14BrNO4S/c16-14-7-6-13(8-15(14)21-10-12-9-20-12)22(18,19)17-11-4-2-1-3-5-11/h1-8,12,17H,9-10H2. The molecule has 1 heterocycles. The minimum absolute atomic E-state index is 0.106. The number of hydrogen-bond donors (Lipinski definition) is 1. The van der Waals surface area contributed by atoms with Gasteiger partial charge in [0.05, 0.1) is 16.0 Å². The van der Waals surface area contributed by atoms with E-state index >= 15 is 0 Å². The number of rotatable bonds is 6. The second-order valence-electron chi connectivity index (χ2n) is 4.83. The highest BCUT2D eigenvalue weighted by molar-refractivity contribution is 9.10. The summed E-state index contributed by atoms with van der Waals surface area (Å²) in [5.41, 5.74) is 0.513. The van der Waals surface area contributed by atoms with Gasteiger partial charge < -0.3 is 9.47 Å². The summed E-state index contributed by atoms with van der Waals surface area (Å²) < 4.78 is 38.7. The van der Waals surface area contributed by atoms with E-state index in [4.69, 9.17) is 9.47 Å². The van der Waals surface area contributed by atoms with E-state index in [1.807, 2.05) is 6.07 Å². The van der Waals surface area contributed by atoms with Crippen molar-refractivity contribution in [3.63, 3.8) is 0 Å². The monoisotopic (exact) mass is 383 g/mol. The van der Waals surface area contributed by atoms with E-state index in [-0.39, 0.29) is 11.0 Å². The summed E-state index contributed by atoms with van der Waals surface area (Å²) in [4.78, 5) is 0.145. The zero-order valence-corrected chi connectivity index (χ0v) is 13.9. The summed E-state index contributed by atoms with van der Waals surface area (Å²) in [6.07, 6.45) is 0.106. The largest absolute Gasteiger partial charge is 0.490 e. The number of hydrogen-bond acceptors (Lipinski definition) is 4. The number of benzene rings is 2. The molecule has 2 aromatic carbocycles. The highest BCUT2D eigenvalue weighted by Crippen LogP contribution is 2.29. The van der Waals surface area contributed by atoms with Gasteiger partial charge in [-0.25, -0.2) is 8.42 Å². The Balaban J connectivity index is 1.81. The third-order valence-corrected chi connectivity index (χ3v) is 5.10. The Labute approximate surface area is 137 Å². The molecular weight excluding hydrogens is 370 g/mol. The fourth-order valence-corrected chi connectivity index (χ4v) is 3.26. The Morgan fingerprint density at radius 3 is 2.64 bits per heavy atom. The lowest BCUT2D eigenvalue weighted by atomic mass is 10.3. The first kappa shape index (κ1) is 15.3. The Morgan fingerprint density at radius 1 is 1.23 bits per heavy atom. The van der Waals surface area contributed by atoms with Gasteiger partial charge in [0.15, 0.2) is 0 Å². The smallest absolute Gasteiger partial charge is 0.262 e.